The van der Waals surface area contributed by atoms with Gasteiger partial charge in [-0.1, -0.05) is 38.0 Å². The summed E-state index contributed by atoms with van der Waals surface area (Å²) in [6.07, 6.45) is 6.75. The average molecular weight is 238 g/mol. The highest BCUT2D eigenvalue weighted by Gasteiger charge is 2.23. The quantitative estimate of drug-likeness (QED) is 0.793. The molecule has 0 saturated carbocycles. The predicted molar refractivity (Wildman–Crippen MR) is 64.8 cm³/mol. The number of carboxylic acid groups (broad SMARTS) is 1. The number of carbonyl (C=O) groups is 1. The van der Waals surface area contributed by atoms with Gasteiger partial charge in [-0.15, -0.1) is 6.42 Å². The first-order valence-electron chi connectivity index (χ1n) is 4.76. The number of terminal acetylenes is 1. The third-order valence-corrected chi connectivity index (χ3v) is 2.93. The van der Waals surface area contributed by atoms with Crippen molar-refractivity contribution in [1.29, 1.82) is 0 Å². The van der Waals surface area contributed by atoms with Gasteiger partial charge in [-0.2, -0.15) is 0 Å². The molecule has 0 amide bonds. The topological polar surface area (TPSA) is 62.2 Å². The van der Waals surface area contributed by atoms with Gasteiger partial charge in [-0.05, 0) is 5.41 Å². The molecule has 0 saturated heterocycles. The number of hydrogen-bond donors (Lipinski definition) is 2. The summed E-state index contributed by atoms with van der Waals surface area (Å²) in [7, 11) is 0. The van der Waals surface area contributed by atoms with Gasteiger partial charge in [0.15, 0.2) is 5.13 Å². The molecule has 1 heterocycles. The molecule has 0 aliphatic heterocycles. The van der Waals surface area contributed by atoms with Crippen molar-refractivity contribution < 1.29 is 9.90 Å². The predicted octanol–water partition coefficient (Wildman–Crippen LogP) is 2.30. The lowest BCUT2D eigenvalue weighted by molar-refractivity contribution is 0.0702. The highest BCUT2D eigenvalue weighted by Crippen LogP contribution is 2.25. The highest BCUT2D eigenvalue weighted by molar-refractivity contribution is 7.17. The van der Waals surface area contributed by atoms with Crippen LogP contribution >= 0.6 is 11.3 Å². The minimum atomic E-state index is -0.974. The normalized spacial score (nSPS) is 12.9. The summed E-state index contributed by atoms with van der Waals surface area (Å²) in [6, 6.07) is -0.180. The van der Waals surface area contributed by atoms with Crippen molar-refractivity contribution in [2.24, 2.45) is 5.41 Å². The summed E-state index contributed by atoms with van der Waals surface area (Å²) in [5, 5.41) is 12.3. The van der Waals surface area contributed by atoms with Crippen molar-refractivity contribution in [3.63, 3.8) is 0 Å². The number of rotatable bonds is 3. The molecular weight excluding hydrogens is 224 g/mol. The van der Waals surface area contributed by atoms with Crippen molar-refractivity contribution >= 4 is 22.4 Å². The van der Waals surface area contributed by atoms with E-state index in [4.69, 9.17) is 11.5 Å². The van der Waals surface area contributed by atoms with Crippen LogP contribution in [0.15, 0.2) is 6.20 Å². The molecule has 0 spiro atoms. The molecule has 1 unspecified atom stereocenters. The Morgan fingerprint density at radius 2 is 2.31 bits per heavy atom. The molecule has 1 aromatic heterocycles. The number of hydrogen-bond acceptors (Lipinski definition) is 4. The first-order chi connectivity index (χ1) is 7.34. The molecular formula is C11H14N2O2S. The molecule has 16 heavy (non-hydrogen) atoms. The molecule has 4 nitrogen and oxygen atoms in total. The molecule has 0 fully saturated rings. The van der Waals surface area contributed by atoms with Crippen molar-refractivity contribution in [2.45, 2.75) is 26.8 Å². The Morgan fingerprint density at radius 1 is 1.69 bits per heavy atom. The molecule has 0 aromatic carbocycles. The highest BCUT2D eigenvalue weighted by atomic mass is 32.1. The van der Waals surface area contributed by atoms with Crippen LogP contribution in [-0.4, -0.2) is 22.1 Å². The number of anilines is 1. The van der Waals surface area contributed by atoms with Gasteiger partial charge >= 0.3 is 5.97 Å². The molecule has 1 aromatic rings. The van der Waals surface area contributed by atoms with Crippen LogP contribution in [0, 0.1) is 17.8 Å². The van der Waals surface area contributed by atoms with Crippen LogP contribution in [0.25, 0.3) is 0 Å². The van der Waals surface area contributed by atoms with Crippen LogP contribution < -0.4 is 5.32 Å². The van der Waals surface area contributed by atoms with E-state index < -0.39 is 5.97 Å². The minimum Gasteiger partial charge on any atom is -0.477 e. The van der Waals surface area contributed by atoms with Crippen LogP contribution in [0.4, 0.5) is 5.13 Å². The second-order valence-corrected chi connectivity index (χ2v) is 5.48. The zero-order valence-electron chi connectivity index (χ0n) is 9.44. The Bertz CT molecular complexity index is 426. The third kappa shape index (κ3) is 2.97. The summed E-state index contributed by atoms with van der Waals surface area (Å²) in [5.74, 6) is 1.66. The fourth-order valence-corrected chi connectivity index (χ4v) is 1.75. The van der Waals surface area contributed by atoms with Crippen LogP contribution in [0.2, 0.25) is 0 Å². The second kappa shape index (κ2) is 4.54. The molecule has 1 atom stereocenters. The Morgan fingerprint density at radius 3 is 2.69 bits per heavy atom. The van der Waals surface area contributed by atoms with Gasteiger partial charge in [0, 0.05) is 0 Å². The van der Waals surface area contributed by atoms with Crippen molar-refractivity contribution in [2.75, 3.05) is 5.32 Å². The average Bonchev–Trinajstić information content (AvgIpc) is 2.60. The molecule has 2 N–H and O–H groups in total. The summed E-state index contributed by atoms with van der Waals surface area (Å²) >= 11 is 1.08. The maximum atomic E-state index is 10.7. The summed E-state index contributed by atoms with van der Waals surface area (Å²) < 4.78 is 0. The van der Waals surface area contributed by atoms with Gasteiger partial charge in [0.1, 0.15) is 4.88 Å². The van der Waals surface area contributed by atoms with E-state index in [9.17, 15) is 4.79 Å². The maximum absolute atomic E-state index is 10.7. The van der Waals surface area contributed by atoms with Crippen LogP contribution in [0.1, 0.15) is 30.4 Å². The lowest BCUT2D eigenvalue weighted by Gasteiger charge is -2.26. The van der Waals surface area contributed by atoms with E-state index in [0.29, 0.717) is 5.13 Å². The van der Waals surface area contributed by atoms with Crippen molar-refractivity contribution in [1.82, 2.24) is 4.98 Å². The second-order valence-electron chi connectivity index (χ2n) is 4.44. The van der Waals surface area contributed by atoms with E-state index in [1.165, 1.54) is 6.20 Å². The summed E-state index contributed by atoms with van der Waals surface area (Å²) in [6.45, 7) is 6.03. The Balaban J connectivity index is 2.80. The fourth-order valence-electron chi connectivity index (χ4n) is 1.07. The van der Waals surface area contributed by atoms with Gasteiger partial charge in [-0.25, -0.2) is 9.78 Å². The number of carboxylic acids is 1. The van der Waals surface area contributed by atoms with Gasteiger partial charge in [0.25, 0.3) is 0 Å². The standard InChI is InChI=1S/C11H14N2O2S/c1-5-8(11(2,3)4)13-10-12-6-7(16-10)9(14)15/h1,6,8H,2-4H3,(H,12,13)(H,14,15). The van der Waals surface area contributed by atoms with Crippen molar-refractivity contribution in [3.8, 4) is 12.3 Å². The smallest absolute Gasteiger partial charge is 0.347 e. The number of nitrogens with one attached hydrogen (secondary N) is 1. The molecule has 0 radical (unpaired) electrons. The van der Waals surface area contributed by atoms with E-state index in [2.05, 4.69) is 16.2 Å². The van der Waals surface area contributed by atoms with E-state index in [1.807, 2.05) is 20.8 Å². The van der Waals surface area contributed by atoms with E-state index in [1.54, 1.807) is 0 Å². The molecule has 5 heteroatoms. The zero-order valence-corrected chi connectivity index (χ0v) is 10.3. The monoisotopic (exact) mass is 238 g/mol. The molecule has 0 bridgehead atoms. The van der Waals surface area contributed by atoms with Crippen LogP contribution in [0.3, 0.4) is 0 Å². The number of nitrogens with zero attached hydrogens (tertiary/aromatic N) is 1. The SMILES string of the molecule is C#CC(Nc1ncc(C(=O)O)s1)C(C)(C)C. The lowest BCUT2D eigenvalue weighted by Crippen LogP contribution is -2.32. The van der Waals surface area contributed by atoms with Gasteiger partial charge in [-0.3, -0.25) is 0 Å². The molecule has 1 rings (SSSR count). The zero-order chi connectivity index (χ0) is 12.3. The number of aromatic nitrogens is 1. The van der Waals surface area contributed by atoms with E-state index >= 15 is 0 Å². The Labute approximate surface area is 98.7 Å². The molecule has 0 aliphatic rings. The van der Waals surface area contributed by atoms with E-state index in [0.717, 1.165) is 11.3 Å². The first-order valence-corrected chi connectivity index (χ1v) is 5.58. The lowest BCUT2D eigenvalue weighted by atomic mass is 9.87. The largest absolute Gasteiger partial charge is 0.477 e. The fraction of sp³-hybridized carbons (Fsp3) is 0.455. The minimum absolute atomic E-state index is 0.107. The maximum Gasteiger partial charge on any atom is 0.347 e. The van der Waals surface area contributed by atoms with Gasteiger partial charge in [0.2, 0.25) is 0 Å². The van der Waals surface area contributed by atoms with Gasteiger partial charge in [0.05, 0.1) is 12.2 Å². The first kappa shape index (κ1) is 12.5. The number of aromatic carboxylic acids is 1. The summed E-state index contributed by atoms with van der Waals surface area (Å²) in [5.41, 5.74) is -0.107. The van der Waals surface area contributed by atoms with Gasteiger partial charge < -0.3 is 10.4 Å². The van der Waals surface area contributed by atoms with Crippen LogP contribution in [-0.2, 0) is 0 Å². The van der Waals surface area contributed by atoms with E-state index in [-0.39, 0.29) is 16.3 Å². The van der Waals surface area contributed by atoms with Crippen LogP contribution in [0.5, 0.6) is 0 Å². The Kier molecular flexibility index (Phi) is 3.55. The summed E-state index contributed by atoms with van der Waals surface area (Å²) in [4.78, 5) is 14.8. The number of thiazole rings is 1. The molecule has 86 valence electrons. The Hall–Kier alpha value is -1.54. The third-order valence-electron chi connectivity index (χ3n) is 2.02. The van der Waals surface area contributed by atoms with Crippen molar-refractivity contribution in [3.05, 3.63) is 11.1 Å². The molecule has 0 aliphatic carbocycles.